The largest absolute Gasteiger partial charge is 0.332 e. The summed E-state index contributed by atoms with van der Waals surface area (Å²) in [4.78, 5) is 26.0. The van der Waals surface area contributed by atoms with E-state index in [0.717, 1.165) is 17.5 Å². The highest BCUT2D eigenvalue weighted by atomic mass is 16.2. The van der Waals surface area contributed by atoms with E-state index in [1.165, 1.54) is 4.57 Å². The number of aryl methyl sites for hydroxylation is 2. The minimum atomic E-state index is -0.306. The van der Waals surface area contributed by atoms with Gasteiger partial charge < -0.3 is 0 Å². The summed E-state index contributed by atoms with van der Waals surface area (Å²) in [6, 6.07) is 15.1. The molecule has 0 N–H and O–H groups in total. The van der Waals surface area contributed by atoms with Crippen molar-refractivity contribution in [3.63, 3.8) is 0 Å². The normalized spacial score (nSPS) is 12.5. The van der Waals surface area contributed by atoms with Gasteiger partial charge in [0, 0.05) is 6.54 Å². The van der Waals surface area contributed by atoms with Crippen LogP contribution in [-0.4, -0.2) is 9.13 Å². The molecule has 4 heteroatoms. The molecule has 3 aromatic rings. The van der Waals surface area contributed by atoms with E-state index in [4.69, 9.17) is 0 Å². The minimum Gasteiger partial charge on any atom is -0.293 e. The molecule has 24 heavy (non-hydrogen) atoms. The first-order valence-electron chi connectivity index (χ1n) is 8.35. The van der Waals surface area contributed by atoms with Crippen molar-refractivity contribution in [3.05, 3.63) is 80.5 Å². The first kappa shape index (κ1) is 16.2. The lowest BCUT2D eigenvalue weighted by Gasteiger charge is -2.19. The van der Waals surface area contributed by atoms with Crippen molar-refractivity contribution in [1.29, 1.82) is 0 Å². The average molecular weight is 322 g/mol. The smallest absolute Gasteiger partial charge is 0.293 e. The molecule has 0 saturated heterocycles. The van der Waals surface area contributed by atoms with Crippen molar-refractivity contribution >= 4 is 10.9 Å². The van der Waals surface area contributed by atoms with E-state index in [0.29, 0.717) is 17.4 Å². The Kier molecular flexibility index (Phi) is 4.38. The topological polar surface area (TPSA) is 44.0 Å². The molecule has 1 atom stereocenters. The van der Waals surface area contributed by atoms with Crippen molar-refractivity contribution in [2.45, 2.75) is 39.8 Å². The summed E-state index contributed by atoms with van der Waals surface area (Å²) < 4.78 is 3.10. The van der Waals surface area contributed by atoms with Crippen molar-refractivity contribution < 1.29 is 0 Å². The Morgan fingerprint density at radius 2 is 1.75 bits per heavy atom. The lowest BCUT2D eigenvalue weighted by Crippen LogP contribution is -2.42. The van der Waals surface area contributed by atoms with E-state index < -0.39 is 0 Å². The van der Waals surface area contributed by atoms with Gasteiger partial charge in [0.25, 0.3) is 5.56 Å². The van der Waals surface area contributed by atoms with Gasteiger partial charge in [0.1, 0.15) is 0 Å². The fourth-order valence-corrected chi connectivity index (χ4v) is 3.17. The minimum absolute atomic E-state index is 0.220. The Hall–Kier alpha value is -2.62. The van der Waals surface area contributed by atoms with Crippen LogP contribution in [0.1, 0.15) is 37.4 Å². The molecule has 1 unspecified atom stereocenters. The summed E-state index contributed by atoms with van der Waals surface area (Å²) in [5.74, 6) is 0. The van der Waals surface area contributed by atoms with Gasteiger partial charge in [-0.2, -0.15) is 0 Å². The second kappa shape index (κ2) is 6.48. The average Bonchev–Trinajstić information content (AvgIpc) is 2.59. The molecule has 2 aromatic carbocycles. The highest BCUT2D eigenvalue weighted by molar-refractivity contribution is 5.78. The third-order valence-corrected chi connectivity index (χ3v) is 4.45. The molecular weight excluding hydrogens is 300 g/mol. The lowest BCUT2D eigenvalue weighted by molar-refractivity contribution is 0.533. The van der Waals surface area contributed by atoms with E-state index in [1.807, 2.05) is 69.3 Å². The number of hydrogen-bond donors (Lipinski definition) is 0. The Morgan fingerprint density at radius 3 is 2.42 bits per heavy atom. The first-order valence-corrected chi connectivity index (χ1v) is 8.35. The summed E-state index contributed by atoms with van der Waals surface area (Å²) >= 11 is 0. The molecule has 0 spiro atoms. The van der Waals surface area contributed by atoms with Crippen molar-refractivity contribution in [2.24, 2.45) is 0 Å². The summed E-state index contributed by atoms with van der Waals surface area (Å²) in [5.41, 5.74) is 2.22. The molecule has 0 saturated carbocycles. The van der Waals surface area contributed by atoms with E-state index in [-0.39, 0.29) is 17.3 Å². The Bertz CT molecular complexity index is 984. The second-order valence-corrected chi connectivity index (χ2v) is 6.22. The highest BCUT2D eigenvalue weighted by Gasteiger charge is 2.18. The summed E-state index contributed by atoms with van der Waals surface area (Å²) in [6.07, 6.45) is 0.834. The predicted molar refractivity (Wildman–Crippen MR) is 97.8 cm³/mol. The zero-order valence-corrected chi connectivity index (χ0v) is 14.3. The molecule has 0 aliphatic heterocycles. The van der Waals surface area contributed by atoms with Crippen LogP contribution in [0.15, 0.2) is 58.1 Å². The van der Waals surface area contributed by atoms with Crippen LogP contribution < -0.4 is 11.2 Å². The quantitative estimate of drug-likeness (QED) is 0.738. The van der Waals surface area contributed by atoms with Gasteiger partial charge in [-0.25, -0.2) is 4.79 Å². The zero-order chi connectivity index (χ0) is 17.3. The van der Waals surface area contributed by atoms with Crippen LogP contribution >= 0.6 is 0 Å². The monoisotopic (exact) mass is 322 g/mol. The van der Waals surface area contributed by atoms with Gasteiger partial charge >= 0.3 is 5.69 Å². The number of nitrogens with zero attached hydrogens (tertiary/aromatic N) is 2. The second-order valence-electron chi connectivity index (χ2n) is 6.22. The molecule has 3 rings (SSSR count). The van der Waals surface area contributed by atoms with Crippen molar-refractivity contribution in [3.8, 4) is 0 Å². The van der Waals surface area contributed by atoms with Crippen LogP contribution in [0.25, 0.3) is 10.9 Å². The van der Waals surface area contributed by atoms with Gasteiger partial charge in [0.15, 0.2) is 0 Å². The zero-order valence-electron chi connectivity index (χ0n) is 14.3. The molecule has 1 heterocycles. The number of hydrogen-bond acceptors (Lipinski definition) is 2. The molecular formula is C20H22N2O2. The van der Waals surface area contributed by atoms with Crippen LogP contribution in [0, 0.1) is 6.92 Å². The Morgan fingerprint density at radius 1 is 1.04 bits per heavy atom. The molecule has 0 amide bonds. The standard InChI is InChI=1S/C20H22N2O2/c1-4-12-21-18-11-10-14(2)13-17(18)19(23)22(20(21)24)15(3)16-8-6-5-7-9-16/h5-11,13,15H,4,12H2,1-3H3. The molecule has 0 fully saturated rings. The van der Waals surface area contributed by atoms with Crippen LogP contribution in [0.4, 0.5) is 0 Å². The number of fused-ring (bicyclic) bond motifs is 1. The molecule has 0 aliphatic rings. The fourth-order valence-electron chi connectivity index (χ4n) is 3.17. The summed E-state index contributed by atoms with van der Waals surface area (Å²) in [7, 11) is 0. The fraction of sp³-hybridized carbons (Fsp3) is 0.300. The van der Waals surface area contributed by atoms with Crippen molar-refractivity contribution in [2.75, 3.05) is 0 Å². The molecule has 0 radical (unpaired) electrons. The van der Waals surface area contributed by atoms with Crippen molar-refractivity contribution in [1.82, 2.24) is 9.13 Å². The highest BCUT2D eigenvalue weighted by Crippen LogP contribution is 2.17. The van der Waals surface area contributed by atoms with E-state index >= 15 is 0 Å². The molecule has 0 aliphatic carbocycles. The van der Waals surface area contributed by atoms with Gasteiger partial charge in [-0.15, -0.1) is 0 Å². The lowest BCUT2D eigenvalue weighted by atomic mass is 10.1. The number of aromatic nitrogens is 2. The third kappa shape index (κ3) is 2.68. The van der Waals surface area contributed by atoms with Gasteiger partial charge in [-0.05, 0) is 38.0 Å². The third-order valence-electron chi connectivity index (χ3n) is 4.45. The van der Waals surface area contributed by atoms with Gasteiger partial charge in [-0.3, -0.25) is 13.9 Å². The van der Waals surface area contributed by atoms with E-state index in [9.17, 15) is 9.59 Å². The van der Waals surface area contributed by atoms with E-state index in [2.05, 4.69) is 0 Å². The van der Waals surface area contributed by atoms with Crippen LogP contribution in [0.3, 0.4) is 0 Å². The van der Waals surface area contributed by atoms with Crippen LogP contribution in [0.5, 0.6) is 0 Å². The first-order chi connectivity index (χ1) is 11.5. The van der Waals surface area contributed by atoms with Gasteiger partial charge in [-0.1, -0.05) is 48.9 Å². The van der Waals surface area contributed by atoms with Gasteiger partial charge in [0.05, 0.1) is 16.9 Å². The molecule has 124 valence electrons. The summed E-state index contributed by atoms with van der Waals surface area (Å²) in [6.45, 7) is 6.48. The Labute approximate surface area is 141 Å². The van der Waals surface area contributed by atoms with E-state index in [1.54, 1.807) is 4.57 Å². The SMILES string of the molecule is CCCn1c(=O)n(C(C)c2ccccc2)c(=O)c2cc(C)ccc21. The molecule has 0 bridgehead atoms. The van der Waals surface area contributed by atoms with Crippen LogP contribution in [-0.2, 0) is 6.54 Å². The number of benzene rings is 2. The maximum Gasteiger partial charge on any atom is 0.332 e. The molecule has 4 nitrogen and oxygen atoms in total. The Balaban J connectivity index is 2.36. The molecule has 1 aromatic heterocycles. The number of rotatable bonds is 4. The van der Waals surface area contributed by atoms with Gasteiger partial charge in [0.2, 0.25) is 0 Å². The maximum atomic E-state index is 13.0. The maximum absolute atomic E-state index is 13.0. The predicted octanol–water partition coefficient (Wildman–Crippen LogP) is 3.49. The summed E-state index contributed by atoms with van der Waals surface area (Å²) in [5, 5.41) is 0.603. The van der Waals surface area contributed by atoms with Crippen LogP contribution in [0.2, 0.25) is 0 Å².